The number of carbonyl (C=O) groups is 2. The van der Waals surface area contributed by atoms with Gasteiger partial charge in [0.15, 0.2) is 0 Å². The molecule has 5 nitrogen and oxygen atoms in total. The zero-order valence-electron chi connectivity index (χ0n) is 8.91. The van der Waals surface area contributed by atoms with Crippen molar-refractivity contribution < 1.29 is 24.2 Å². The molecule has 0 atom stereocenters. The highest BCUT2D eigenvalue weighted by Crippen LogP contribution is 1.85. The van der Waals surface area contributed by atoms with E-state index in [4.69, 9.17) is 19.4 Å². The van der Waals surface area contributed by atoms with Gasteiger partial charge in [-0.05, 0) is 13.8 Å². The van der Waals surface area contributed by atoms with Crippen LogP contribution in [0.3, 0.4) is 0 Å². The normalized spacial score (nSPS) is 13.9. The minimum Gasteiger partial charge on any atom is -0.481 e. The van der Waals surface area contributed by atoms with Crippen LogP contribution in [-0.4, -0.2) is 43.3 Å². The number of carbonyl (C=O) groups excluding carboxylic acids is 1. The summed E-state index contributed by atoms with van der Waals surface area (Å²) in [7, 11) is 0. The van der Waals surface area contributed by atoms with Gasteiger partial charge in [0.1, 0.15) is 5.78 Å². The van der Waals surface area contributed by atoms with Crippen LogP contribution in [0.15, 0.2) is 0 Å². The van der Waals surface area contributed by atoms with Gasteiger partial charge < -0.3 is 19.4 Å². The van der Waals surface area contributed by atoms with E-state index in [2.05, 4.69) is 0 Å². The highest BCUT2D eigenvalue weighted by molar-refractivity contribution is 5.72. The van der Waals surface area contributed by atoms with Crippen LogP contribution in [0.1, 0.15) is 20.8 Å². The predicted molar refractivity (Wildman–Crippen MR) is 51.3 cm³/mol. The van der Waals surface area contributed by atoms with E-state index in [0.717, 1.165) is 33.4 Å². The number of rotatable bonds is 0. The molecule has 0 unspecified atom stereocenters. The summed E-state index contributed by atoms with van der Waals surface area (Å²) in [6.45, 7) is 7.25. The second-order valence-electron chi connectivity index (χ2n) is 2.65. The van der Waals surface area contributed by atoms with Gasteiger partial charge in [0.25, 0.3) is 5.97 Å². The highest BCUT2D eigenvalue weighted by atomic mass is 16.6. The van der Waals surface area contributed by atoms with E-state index in [-0.39, 0.29) is 5.78 Å². The summed E-state index contributed by atoms with van der Waals surface area (Å²) in [5, 5.41) is 7.42. The van der Waals surface area contributed by atoms with Crippen molar-refractivity contribution in [2.24, 2.45) is 0 Å². The summed E-state index contributed by atoms with van der Waals surface area (Å²) < 4.78 is 9.89. The summed E-state index contributed by atoms with van der Waals surface area (Å²) in [6.07, 6.45) is 0. The van der Waals surface area contributed by atoms with E-state index in [1.165, 1.54) is 13.8 Å². The van der Waals surface area contributed by atoms with Crippen molar-refractivity contribution in [3.8, 4) is 0 Å². The molecule has 0 aromatic rings. The lowest BCUT2D eigenvalue weighted by molar-refractivity contribution is -0.134. The Morgan fingerprint density at radius 1 is 0.929 bits per heavy atom. The number of carboxylic acid groups (broad SMARTS) is 1. The largest absolute Gasteiger partial charge is 0.481 e. The summed E-state index contributed by atoms with van der Waals surface area (Å²) >= 11 is 0. The van der Waals surface area contributed by atoms with Crippen LogP contribution < -0.4 is 0 Å². The van der Waals surface area contributed by atoms with Crippen LogP contribution in [0.2, 0.25) is 0 Å². The lowest BCUT2D eigenvalue weighted by atomic mass is 10.6. The van der Waals surface area contributed by atoms with Crippen LogP contribution in [0.25, 0.3) is 0 Å². The fraction of sp³-hybridized carbons (Fsp3) is 0.778. The Morgan fingerprint density at radius 3 is 1.14 bits per heavy atom. The molecule has 0 radical (unpaired) electrons. The summed E-state index contributed by atoms with van der Waals surface area (Å²) in [5.74, 6) is -0.667. The van der Waals surface area contributed by atoms with Gasteiger partial charge in [0.2, 0.25) is 0 Å². The molecule has 1 rings (SSSR count). The number of Topliss-reactive ketones (excluding diaryl/α,β-unsaturated/α-hetero) is 1. The molecule has 1 fully saturated rings. The first-order valence-corrected chi connectivity index (χ1v) is 4.29. The van der Waals surface area contributed by atoms with E-state index in [9.17, 15) is 4.79 Å². The molecule has 0 saturated carbocycles. The Hall–Kier alpha value is -0.940. The lowest BCUT2D eigenvalue weighted by Crippen LogP contribution is -2.16. The lowest BCUT2D eigenvalue weighted by Gasteiger charge is -2.09. The predicted octanol–water partition coefficient (Wildman–Crippen LogP) is 0.719. The van der Waals surface area contributed by atoms with E-state index >= 15 is 0 Å². The van der Waals surface area contributed by atoms with Crippen molar-refractivity contribution in [2.75, 3.05) is 26.4 Å². The van der Waals surface area contributed by atoms with E-state index < -0.39 is 5.97 Å². The molecule has 1 heterocycles. The van der Waals surface area contributed by atoms with Gasteiger partial charge in [-0.15, -0.1) is 0 Å². The molecule has 5 heteroatoms. The average Bonchev–Trinajstić information content (AvgIpc) is 2.05. The van der Waals surface area contributed by atoms with Crippen LogP contribution in [0.4, 0.5) is 0 Å². The molecule has 0 aromatic carbocycles. The standard InChI is InChI=1S/C4H8O2.C3H6O.C2H4O2/c1-2-6-4-3-5-1;1-3(2)4;1-2(3)4/h1-4H2;1-2H3;1H3,(H,3,4). The molecule has 84 valence electrons. The molecule has 1 N–H and O–H groups in total. The third-order valence-corrected chi connectivity index (χ3v) is 0.744. The molecule has 1 aliphatic heterocycles. The maximum Gasteiger partial charge on any atom is 0.300 e. The van der Waals surface area contributed by atoms with Gasteiger partial charge >= 0.3 is 0 Å². The fourth-order valence-electron chi connectivity index (χ4n) is 0.440. The number of aliphatic carboxylic acids is 1. The van der Waals surface area contributed by atoms with Gasteiger partial charge in [-0.25, -0.2) is 0 Å². The molecule has 0 amide bonds. The van der Waals surface area contributed by atoms with Crippen LogP contribution in [0, 0.1) is 0 Å². The van der Waals surface area contributed by atoms with Crippen molar-refractivity contribution >= 4 is 11.8 Å². The molecule has 1 aliphatic rings. The maximum absolute atomic E-state index is 9.44. The van der Waals surface area contributed by atoms with Crippen molar-refractivity contribution in [2.45, 2.75) is 20.8 Å². The number of carboxylic acids is 1. The van der Waals surface area contributed by atoms with Crippen LogP contribution in [-0.2, 0) is 19.1 Å². The first kappa shape index (κ1) is 15.5. The molecular weight excluding hydrogens is 188 g/mol. The molecule has 1 saturated heterocycles. The highest BCUT2D eigenvalue weighted by Gasteiger charge is 1.94. The molecule has 0 spiro atoms. The van der Waals surface area contributed by atoms with Crippen LogP contribution in [0.5, 0.6) is 0 Å². The summed E-state index contributed by atoms with van der Waals surface area (Å²) in [6, 6.07) is 0. The first-order chi connectivity index (χ1) is 6.46. The average molecular weight is 206 g/mol. The van der Waals surface area contributed by atoms with Gasteiger partial charge in [-0.3, -0.25) is 4.79 Å². The molecular formula is C9H18O5. The summed E-state index contributed by atoms with van der Waals surface area (Å²) in [5.41, 5.74) is 0. The van der Waals surface area contributed by atoms with Crippen molar-refractivity contribution in [3.05, 3.63) is 0 Å². The number of hydrogen-bond donors (Lipinski definition) is 1. The molecule has 0 aromatic heterocycles. The van der Waals surface area contributed by atoms with E-state index in [1.807, 2.05) is 0 Å². The fourth-order valence-corrected chi connectivity index (χ4v) is 0.440. The molecule has 14 heavy (non-hydrogen) atoms. The van der Waals surface area contributed by atoms with Gasteiger partial charge in [0, 0.05) is 6.92 Å². The molecule has 0 aliphatic carbocycles. The van der Waals surface area contributed by atoms with Gasteiger partial charge in [0.05, 0.1) is 26.4 Å². The number of hydrogen-bond acceptors (Lipinski definition) is 4. The third-order valence-electron chi connectivity index (χ3n) is 0.744. The number of ketones is 1. The second kappa shape index (κ2) is 12.1. The maximum atomic E-state index is 9.44. The van der Waals surface area contributed by atoms with Gasteiger partial charge in [-0.2, -0.15) is 0 Å². The summed E-state index contributed by atoms with van der Waals surface area (Å²) in [4.78, 5) is 18.4. The molecule has 0 bridgehead atoms. The Bertz CT molecular complexity index is 120. The topological polar surface area (TPSA) is 72.8 Å². The van der Waals surface area contributed by atoms with E-state index in [0.29, 0.717) is 0 Å². The first-order valence-electron chi connectivity index (χ1n) is 4.29. The monoisotopic (exact) mass is 206 g/mol. The number of ether oxygens (including phenoxy) is 2. The van der Waals surface area contributed by atoms with Crippen LogP contribution >= 0.6 is 0 Å². The third kappa shape index (κ3) is 43.7. The Labute approximate surface area is 84.0 Å². The Kier molecular flexibility index (Phi) is 13.4. The zero-order chi connectivity index (χ0) is 11.4. The van der Waals surface area contributed by atoms with Gasteiger partial charge in [-0.1, -0.05) is 0 Å². The quantitative estimate of drug-likeness (QED) is 0.632. The van der Waals surface area contributed by atoms with Crippen molar-refractivity contribution in [3.63, 3.8) is 0 Å². The smallest absolute Gasteiger partial charge is 0.300 e. The minimum atomic E-state index is -0.833. The Morgan fingerprint density at radius 2 is 1.07 bits per heavy atom. The SMILES string of the molecule is C1COCCO1.CC(=O)O.CC(C)=O. The zero-order valence-corrected chi connectivity index (χ0v) is 8.91. The second-order valence-corrected chi connectivity index (χ2v) is 2.65. The van der Waals surface area contributed by atoms with Crippen molar-refractivity contribution in [1.29, 1.82) is 0 Å². The minimum absolute atomic E-state index is 0.167. The Balaban J connectivity index is 0. The van der Waals surface area contributed by atoms with E-state index in [1.54, 1.807) is 0 Å². The van der Waals surface area contributed by atoms with Crippen molar-refractivity contribution in [1.82, 2.24) is 0 Å².